The minimum Gasteiger partial charge on any atom is -0.462 e. The smallest absolute Gasteiger partial charge is 0.462 e. The van der Waals surface area contributed by atoms with Crippen LogP contribution in [0, 0.1) is 0 Å². The quantitative estimate of drug-likeness (QED) is 0.00636. The number of unbranched alkanes of at least 4 members (excludes halogenated alkanes) is 13. The molecule has 19 heteroatoms. The summed E-state index contributed by atoms with van der Waals surface area (Å²) in [6, 6.07) is 31.3. The molecule has 0 fully saturated rings. The molecule has 80 heavy (non-hydrogen) atoms. The largest absolute Gasteiger partial charge is 0.472 e. The van der Waals surface area contributed by atoms with Crippen molar-refractivity contribution in [1.29, 1.82) is 0 Å². The Kier molecular flexibility index (Phi) is 27.9. The predicted octanol–water partition coefficient (Wildman–Crippen LogP) is 11.9. The summed E-state index contributed by atoms with van der Waals surface area (Å²) in [5.74, 6) is -0.851. The lowest BCUT2D eigenvalue weighted by atomic mass is 10.0. The van der Waals surface area contributed by atoms with Crippen LogP contribution in [0.5, 0.6) is 0 Å². The Morgan fingerprint density at radius 2 is 1.34 bits per heavy atom. The van der Waals surface area contributed by atoms with Gasteiger partial charge in [-0.25, -0.2) is 14.3 Å². The molecule has 18 nitrogen and oxygen atoms in total. The summed E-state index contributed by atoms with van der Waals surface area (Å²) in [6.07, 6.45) is 15.9. The highest BCUT2D eigenvalue weighted by atomic mass is 31.2. The van der Waals surface area contributed by atoms with Gasteiger partial charge < -0.3 is 44.1 Å². The van der Waals surface area contributed by atoms with Crippen LogP contribution >= 0.6 is 7.82 Å². The zero-order valence-corrected chi connectivity index (χ0v) is 48.8. The average Bonchev–Trinajstić information content (AvgIpc) is 3.78. The van der Waals surface area contributed by atoms with E-state index >= 15 is 0 Å². The fourth-order valence-corrected chi connectivity index (χ4v) is 9.54. The Labute approximate surface area is 473 Å². The number of phosphoric ester groups is 1. The number of quaternary nitrogens is 1. The summed E-state index contributed by atoms with van der Waals surface area (Å²) in [5.41, 5.74) is 10.9. The molecule has 0 saturated heterocycles. The monoisotopic (exact) mass is 1120 g/mol. The molecule has 0 bridgehead atoms. The number of carbonyl (C=O) groups excluding carboxylic acids is 4. The van der Waals surface area contributed by atoms with Gasteiger partial charge in [0.15, 0.2) is 6.10 Å². The number of phosphoric acid groups is 1. The Balaban J connectivity index is 1.12. The van der Waals surface area contributed by atoms with E-state index in [1.165, 1.54) is 69.1 Å². The van der Waals surface area contributed by atoms with Crippen LogP contribution in [0.2, 0.25) is 0 Å². The molecule has 1 heterocycles. The Bertz CT molecular complexity index is 2730. The molecule has 0 aliphatic rings. The highest BCUT2D eigenvalue weighted by molar-refractivity contribution is 7.47. The number of rotatable bonds is 38. The molecule has 4 aromatic carbocycles. The van der Waals surface area contributed by atoms with Crippen molar-refractivity contribution < 1.29 is 56.4 Å². The molecule has 0 aliphatic heterocycles. The number of nitrogens with two attached hydrogens (primary N) is 1. The number of fused-ring (bicyclic) bond motifs is 1. The Morgan fingerprint density at radius 3 is 1.98 bits per heavy atom. The van der Waals surface area contributed by atoms with Crippen molar-refractivity contribution in [3.63, 3.8) is 0 Å². The molecular formula is C61H87N7O11P+. The van der Waals surface area contributed by atoms with Crippen LogP contribution in [-0.4, -0.2) is 115 Å². The van der Waals surface area contributed by atoms with E-state index in [-0.39, 0.29) is 44.3 Å². The molecule has 5 rings (SSSR count). The number of nitrogens with zero attached hydrogens (tertiary/aromatic N) is 5. The van der Waals surface area contributed by atoms with E-state index in [4.69, 9.17) is 34.0 Å². The summed E-state index contributed by atoms with van der Waals surface area (Å²) in [4.78, 5) is 73.8. The number of aryl methyl sites for hydroxylation is 2. The third-order valence-electron chi connectivity index (χ3n) is 13.5. The molecule has 2 atom stereocenters. The van der Waals surface area contributed by atoms with Gasteiger partial charge in [-0.15, -0.1) is 0 Å². The van der Waals surface area contributed by atoms with Crippen LogP contribution in [0.15, 0.2) is 108 Å². The van der Waals surface area contributed by atoms with E-state index < -0.39 is 45.2 Å². The number of para-hydroxylation sites is 1. The van der Waals surface area contributed by atoms with Gasteiger partial charge in [-0.1, -0.05) is 139 Å². The van der Waals surface area contributed by atoms with Crippen molar-refractivity contribution in [3.05, 3.63) is 126 Å². The number of amidine groups is 1. The van der Waals surface area contributed by atoms with Crippen molar-refractivity contribution in [3.8, 4) is 0 Å². The molecule has 0 saturated carbocycles. The van der Waals surface area contributed by atoms with Crippen LogP contribution in [0.25, 0.3) is 11.0 Å². The number of carbonyl (C=O) groups is 4. The lowest BCUT2D eigenvalue weighted by molar-refractivity contribution is -0.870. The van der Waals surface area contributed by atoms with Crippen molar-refractivity contribution in [2.24, 2.45) is 17.8 Å². The maximum atomic E-state index is 14.3. The van der Waals surface area contributed by atoms with Gasteiger partial charge in [0.05, 0.1) is 58.4 Å². The molecule has 1 aromatic heterocycles. The van der Waals surface area contributed by atoms with Gasteiger partial charge in [0.1, 0.15) is 31.4 Å². The summed E-state index contributed by atoms with van der Waals surface area (Å²) >= 11 is 0. The van der Waals surface area contributed by atoms with Crippen molar-refractivity contribution >= 4 is 60.0 Å². The van der Waals surface area contributed by atoms with Gasteiger partial charge in [0.25, 0.3) is 5.91 Å². The Hall–Kier alpha value is -6.43. The highest BCUT2D eigenvalue weighted by Gasteiger charge is 2.28. The number of esters is 2. The van der Waals surface area contributed by atoms with Crippen LogP contribution in [-0.2, 0) is 57.4 Å². The number of imidazole rings is 1. The second-order valence-electron chi connectivity index (χ2n) is 21.2. The molecule has 0 spiro atoms. The first-order valence-electron chi connectivity index (χ1n) is 28.5. The van der Waals surface area contributed by atoms with E-state index in [9.17, 15) is 28.6 Å². The zero-order chi connectivity index (χ0) is 57.6. The van der Waals surface area contributed by atoms with Crippen LogP contribution < -0.4 is 16.0 Å². The van der Waals surface area contributed by atoms with Crippen molar-refractivity contribution in [2.45, 2.75) is 135 Å². The maximum Gasteiger partial charge on any atom is 0.472 e. The van der Waals surface area contributed by atoms with E-state index in [1.807, 2.05) is 87.4 Å². The zero-order valence-electron chi connectivity index (χ0n) is 47.9. The molecule has 436 valence electrons. The fraction of sp³-hybridized carbons (Fsp3) is 0.508. The number of anilines is 2. The number of hydrogen-bond acceptors (Lipinski definition) is 12. The lowest BCUT2D eigenvalue weighted by Crippen LogP contribution is -2.37. The summed E-state index contributed by atoms with van der Waals surface area (Å²) in [7, 11) is 3.09. The molecule has 0 radical (unpaired) electrons. The number of likely N-dealkylation sites (N-methyl/N-ethyl adjacent to an activating group) is 1. The van der Waals surface area contributed by atoms with E-state index in [2.05, 4.69) is 17.2 Å². The molecule has 2 unspecified atom stereocenters. The van der Waals surface area contributed by atoms with Gasteiger partial charge in [0, 0.05) is 42.5 Å². The van der Waals surface area contributed by atoms with Crippen molar-refractivity contribution in [2.75, 3.05) is 70.9 Å². The summed E-state index contributed by atoms with van der Waals surface area (Å²) in [5, 5.41) is 3.36. The van der Waals surface area contributed by atoms with Gasteiger partial charge in [-0.3, -0.25) is 23.4 Å². The van der Waals surface area contributed by atoms with Crippen LogP contribution in [0.1, 0.15) is 143 Å². The van der Waals surface area contributed by atoms with Crippen LogP contribution in [0.4, 0.5) is 16.2 Å². The molecular weight excluding hydrogens is 1040 g/mol. The van der Waals surface area contributed by atoms with Gasteiger partial charge in [-0.05, 0) is 79.4 Å². The highest BCUT2D eigenvalue weighted by Crippen LogP contribution is 2.43. The first-order valence-corrected chi connectivity index (χ1v) is 30.0. The SMILES string of the molecule is CCCCCCCCCCCCCCCCC(=O)OC(COC(=O)CCN(C(=O)c1ccc2c(c1)nc(CNc1ccc(C(N)=NC(=O)OCCCc3ccccc3)cc1)n2C)c1ccccc1)COP(=O)(O)OCC[N+](C)(C)C. The van der Waals surface area contributed by atoms with Gasteiger partial charge in [-0.2, -0.15) is 4.99 Å². The first kappa shape index (κ1) is 64.4. The number of nitrogens with one attached hydrogen (secondary N) is 1. The number of ether oxygens (including phenoxy) is 3. The van der Waals surface area contributed by atoms with E-state index in [0.29, 0.717) is 58.6 Å². The second kappa shape index (κ2) is 34.7. The second-order valence-corrected chi connectivity index (χ2v) is 22.7. The summed E-state index contributed by atoms with van der Waals surface area (Å²) in [6.45, 7) is 2.16. The third kappa shape index (κ3) is 24.5. The number of aromatic nitrogens is 2. The van der Waals surface area contributed by atoms with E-state index in [1.54, 1.807) is 48.5 Å². The number of amides is 2. The minimum absolute atomic E-state index is 0.0438. The maximum absolute atomic E-state index is 14.3. The number of benzene rings is 4. The normalized spacial score (nSPS) is 12.9. The van der Waals surface area contributed by atoms with Gasteiger partial charge in [0.2, 0.25) is 0 Å². The third-order valence-corrected chi connectivity index (χ3v) is 14.5. The van der Waals surface area contributed by atoms with E-state index in [0.717, 1.165) is 42.5 Å². The fourth-order valence-electron chi connectivity index (χ4n) is 8.80. The molecule has 2 amide bonds. The topological polar surface area (TPSA) is 223 Å². The molecule has 0 aliphatic carbocycles. The minimum atomic E-state index is -4.54. The predicted molar refractivity (Wildman–Crippen MR) is 314 cm³/mol. The standard InChI is InChI=1S/C61H86N7O11P/c1-6-7-8-9-10-11-12-13-14-15-16-17-18-25-32-58(70)79-53(47-78-80(73,74)77-43-41-68(3,4)5)46-76-57(69)39-40-67(52-30-23-20-24-31-52)60(71)50-35-38-55-54(44-50)64-56(66(55)2)45-63-51-36-33-49(34-37-51)59(62)65-61(72)75-42-26-29-48-27-21-19-22-28-48/h19-24,27-28,30-31,33-38,44,53H,6-18,25-26,29,32,39-43,45-47H2,1-5H3,(H3-,62,63,65,72,73,74)/p+1. The number of hydrogen-bond donors (Lipinski definition) is 3. The Morgan fingerprint density at radius 1 is 0.725 bits per heavy atom. The number of aliphatic imine (C=N–C) groups is 1. The lowest BCUT2D eigenvalue weighted by Gasteiger charge is -2.24. The van der Waals surface area contributed by atoms with Gasteiger partial charge >= 0.3 is 25.9 Å². The van der Waals surface area contributed by atoms with Crippen molar-refractivity contribution in [1.82, 2.24) is 9.55 Å². The van der Waals surface area contributed by atoms with Crippen LogP contribution in [0.3, 0.4) is 0 Å². The summed E-state index contributed by atoms with van der Waals surface area (Å²) < 4.78 is 42.1. The molecule has 4 N–H and O–H groups in total. The average molecular weight is 1130 g/mol. The first-order chi connectivity index (χ1) is 38.5. The molecule has 5 aromatic rings.